The highest BCUT2D eigenvalue weighted by Gasteiger charge is 2.41. The second kappa shape index (κ2) is 7.45. The van der Waals surface area contributed by atoms with Crippen molar-refractivity contribution >= 4 is 5.95 Å². The molecule has 0 radical (unpaired) electrons. The van der Waals surface area contributed by atoms with Crippen LogP contribution in [0.4, 0.5) is 5.95 Å². The van der Waals surface area contributed by atoms with Gasteiger partial charge in [0.1, 0.15) is 0 Å². The minimum absolute atomic E-state index is 0.253. The number of hydrogen-bond donors (Lipinski definition) is 0. The fourth-order valence-electron chi connectivity index (χ4n) is 3.88. The maximum Gasteiger partial charge on any atom is 0.225 e. The first-order valence-corrected chi connectivity index (χ1v) is 8.95. The first-order chi connectivity index (χ1) is 12.3. The van der Waals surface area contributed by atoms with Gasteiger partial charge in [-0.05, 0) is 43.9 Å². The average molecular weight is 340 g/mol. The Balaban J connectivity index is 1.33. The predicted molar refractivity (Wildman–Crippen MR) is 94.3 cm³/mol. The highest BCUT2D eigenvalue weighted by Crippen LogP contribution is 2.35. The summed E-state index contributed by atoms with van der Waals surface area (Å²) in [6.45, 7) is 4.91. The lowest BCUT2D eigenvalue weighted by Crippen LogP contribution is -2.49. The fraction of sp³-hybridized carbons (Fsp3) is 0.526. The molecule has 2 aromatic heterocycles. The molecule has 3 heterocycles. The first-order valence-electron chi connectivity index (χ1n) is 8.95. The summed E-state index contributed by atoms with van der Waals surface area (Å²) in [5.41, 5.74) is 2.02. The molecule has 132 valence electrons. The van der Waals surface area contributed by atoms with Crippen LogP contribution in [-0.4, -0.2) is 46.9 Å². The second-order valence-electron chi connectivity index (χ2n) is 6.84. The summed E-state index contributed by atoms with van der Waals surface area (Å²) in [6, 6.07) is 8.24. The van der Waals surface area contributed by atoms with Gasteiger partial charge in [-0.2, -0.15) is 0 Å². The number of morpholine rings is 1. The molecule has 1 saturated carbocycles. The fourth-order valence-corrected chi connectivity index (χ4v) is 3.88. The molecular weight excluding hydrogens is 316 g/mol. The Hall–Kier alpha value is -2.05. The summed E-state index contributed by atoms with van der Waals surface area (Å²) in [5, 5.41) is 0. The Morgan fingerprint density at radius 3 is 2.92 bits per heavy atom. The zero-order valence-electron chi connectivity index (χ0n) is 14.5. The maximum atomic E-state index is 6.00. The van der Waals surface area contributed by atoms with Gasteiger partial charge in [0.25, 0.3) is 0 Å². The van der Waals surface area contributed by atoms with Gasteiger partial charge < -0.3 is 14.4 Å². The average Bonchev–Trinajstić information content (AvgIpc) is 3.05. The molecule has 4 rings (SSSR count). The summed E-state index contributed by atoms with van der Waals surface area (Å²) in [7, 11) is 0. The van der Waals surface area contributed by atoms with Crippen molar-refractivity contribution in [2.75, 3.05) is 24.7 Å². The summed E-state index contributed by atoms with van der Waals surface area (Å²) < 4.78 is 11.9. The van der Waals surface area contributed by atoms with Crippen molar-refractivity contribution in [2.45, 2.75) is 38.5 Å². The number of anilines is 1. The monoisotopic (exact) mass is 340 g/mol. The van der Waals surface area contributed by atoms with Gasteiger partial charge in [0, 0.05) is 24.6 Å². The van der Waals surface area contributed by atoms with Crippen LogP contribution in [0, 0.1) is 12.8 Å². The molecule has 3 atom stereocenters. The van der Waals surface area contributed by atoms with Gasteiger partial charge >= 0.3 is 0 Å². The molecule has 0 bridgehead atoms. The largest absolute Gasteiger partial charge is 0.375 e. The van der Waals surface area contributed by atoms with Gasteiger partial charge in [0.2, 0.25) is 5.95 Å². The van der Waals surface area contributed by atoms with Crippen molar-refractivity contribution in [3.05, 3.63) is 48.0 Å². The van der Waals surface area contributed by atoms with Gasteiger partial charge in [-0.15, -0.1) is 0 Å². The standard InChI is InChI=1S/C19H24N4O2/c1-14-4-2-5-16(22-14)13-24-12-15-10-17-18(11-15)25-9-8-23(17)19-20-6-3-7-21-19/h2-7,15,17-18H,8-13H2,1H3. The number of aryl methyl sites for hydroxylation is 1. The van der Waals surface area contributed by atoms with Crippen molar-refractivity contribution in [2.24, 2.45) is 5.92 Å². The summed E-state index contributed by atoms with van der Waals surface area (Å²) >= 11 is 0. The molecule has 6 heteroatoms. The SMILES string of the molecule is Cc1cccc(COCC2CC3OCCN(c4ncccn4)C3C2)n1. The Kier molecular flexibility index (Phi) is 4.90. The van der Waals surface area contributed by atoms with Gasteiger partial charge in [0.15, 0.2) is 0 Å². The Bertz CT molecular complexity index is 697. The first kappa shape index (κ1) is 16.4. The third-order valence-electron chi connectivity index (χ3n) is 4.99. The smallest absolute Gasteiger partial charge is 0.225 e. The minimum Gasteiger partial charge on any atom is -0.375 e. The van der Waals surface area contributed by atoms with E-state index in [0.717, 1.165) is 49.9 Å². The van der Waals surface area contributed by atoms with Gasteiger partial charge in [0.05, 0.1) is 37.7 Å². The molecule has 2 aliphatic rings. The Morgan fingerprint density at radius 2 is 2.08 bits per heavy atom. The lowest BCUT2D eigenvalue weighted by Gasteiger charge is -2.37. The number of hydrogen-bond acceptors (Lipinski definition) is 6. The van der Waals surface area contributed by atoms with E-state index in [-0.39, 0.29) is 6.10 Å². The van der Waals surface area contributed by atoms with Crippen molar-refractivity contribution in [1.82, 2.24) is 15.0 Å². The van der Waals surface area contributed by atoms with E-state index >= 15 is 0 Å². The summed E-state index contributed by atoms with van der Waals surface area (Å²) in [6.07, 6.45) is 5.96. The van der Waals surface area contributed by atoms with Crippen molar-refractivity contribution in [1.29, 1.82) is 0 Å². The molecule has 0 N–H and O–H groups in total. The Labute approximate surface area is 148 Å². The lowest BCUT2D eigenvalue weighted by molar-refractivity contribution is 0.0199. The van der Waals surface area contributed by atoms with E-state index in [0.29, 0.717) is 18.6 Å². The van der Waals surface area contributed by atoms with Crippen molar-refractivity contribution in [3.63, 3.8) is 0 Å². The number of nitrogens with zero attached hydrogens (tertiary/aromatic N) is 4. The van der Waals surface area contributed by atoms with Crippen LogP contribution in [0.1, 0.15) is 24.2 Å². The highest BCUT2D eigenvalue weighted by molar-refractivity contribution is 5.33. The van der Waals surface area contributed by atoms with Gasteiger partial charge in [-0.1, -0.05) is 6.07 Å². The van der Waals surface area contributed by atoms with Crippen LogP contribution in [-0.2, 0) is 16.1 Å². The third kappa shape index (κ3) is 3.80. The van der Waals surface area contributed by atoms with Crippen LogP contribution < -0.4 is 4.90 Å². The van der Waals surface area contributed by atoms with Crippen LogP contribution in [0.3, 0.4) is 0 Å². The number of aromatic nitrogens is 3. The summed E-state index contributed by atoms with van der Waals surface area (Å²) in [4.78, 5) is 15.6. The zero-order valence-corrected chi connectivity index (χ0v) is 14.5. The van der Waals surface area contributed by atoms with E-state index in [2.05, 4.69) is 19.9 Å². The third-order valence-corrected chi connectivity index (χ3v) is 4.99. The van der Waals surface area contributed by atoms with E-state index in [1.807, 2.05) is 31.2 Å². The van der Waals surface area contributed by atoms with E-state index < -0.39 is 0 Å². The van der Waals surface area contributed by atoms with E-state index in [9.17, 15) is 0 Å². The topological polar surface area (TPSA) is 60.4 Å². The minimum atomic E-state index is 0.253. The molecule has 2 aromatic rings. The molecule has 2 fully saturated rings. The molecule has 6 nitrogen and oxygen atoms in total. The van der Waals surface area contributed by atoms with Crippen LogP contribution in [0.5, 0.6) is 0 Å². The molecule has 0 spiro atoms. The van der Waals surface area contributed by atoms with Gasteiger partial charge in [-0.25, -0.2) is 9.97 Å². The van der Waals surface area contributed by atoms with Gasteiger partial charge in [-0.3, -0.25) is 4.98 Å². The van der Waals surface area contributed by atoms with E-state index in [1.54, 1.807) is 12.4 Å². The lowest BCUT2D eigenvalue weighted by atomic mass is 10.1. The molecule has 25 heavy (non-hydrogen) atoms. The van der Waals surface area contributed by atoms with E-state index in [4.69, 9.17) is 9.47 Å². The van der Waals surface area contributed by atoms with Crippen molar-refractivity contribution in [3.8, 4) is 0 Å². The molecule has 1 aliphatic heterocycles. The molecule has 1 aliphatic carbocycles. The molecule has 1 saturated heterocycles. The number of fused-ring (bicyclic) bond motifs is 1. The number of rotatable bonds is 5. The zero-order chi connectivity index (χ0) is 17.1. The molecule has 0 amide bonds. The summed E-state index contributed by atoms with van der Waals surface area (Å²) in [5.74, 6) is 1.32. The van der Waals surface area contributed by atoms with Crippen LogP contribution >= 0.6 is 0 Å². The maximum absolute atomic E-state index is 6.00. The number of ether oxygens (including phenoxy) is 2. The molecular formula is C19H24N4O2. The van der Waals surface area contributed by atoms with Crippen LogP contribution in [0.15, 0.2) is 36.7 Å². The number of pyridine rings is 1. The molecule has 3 unspecified atom stereocenters. The second-order valence-corrected chi connectivity index (χ2v) is 6.84. The quantitative estimate of drug-likeness (QED) is 0.833. The van der Waals surface area contributed by atoms with Crippen LogP contribution in [0.25, 0.3) is 0 Å². The van der Waals surface area contributed by atoms with Crippen LogP contribution in [0.2, 0.25) is 0 Å². The highest BCUT2D eigenvalue weighted by atomic mass is 16.5. The normalized spacial score (nSPS) is 25.8. The van der Waals surface area contributed by atoms with Crippen molar-refractivity contribution < 1.29 is 9.47 Å². The van der Waals surface area contributed by atoms with E-state index in [1.165, 1.54) is 0 Å². The Morgan fingerprint density at radius 1 is 1.20 bits per heavy atom. The predicted octanol–water partition coefficient (Wildman–Crippen LogP) is 2.38. The molecule has 0 aromatic carbocycles.